The van der Waals surface area contributed by atoms with Gasteiger partial charge in [0.2, 0.25) is 0 Å². The SMILES string of the molecule is CC(=O)OCNSCOC(C)=O. The summed E-state index contributed by atoms with van der Waals surface area (Å²) in [5, 5.41) is 0. The molecule has 1 N–H and O–H groups in total. The van der Waals surface area contributed by atoms with Crippen LogP contribution in [-0.2, 0) is 19.1 Å². The first-order valence-electron chi connectivity index (χ1n) is 3.24. The minimum absolute atomic E-state index is 0.112. The van der Waals surface area contributed by atoms with E-state index in [1.165, 1.54) is 13.8 Å². The molecule has 0 bridgehead atoms. The van der Waals surface area contributed by atoms with Crippen molar-refractivity contribution < 1.29 is 19.1 Å². The summed E-state index contributed by atoms with van der Waals surface area (Å²) in [5.41, 5.74) is 0. The topological polar surface area (TPSA) is 64.6 Å². The molecule has 0 aliphatic carbocycles. The predicted molar refractivity (Wildman–Crippen MR) is 44.0 cm³/mol. The molecule has 0 aromatic carbocycles. The van der Waals surface area contributed by atoms with E-state index in [9.17, 15) is 9.59 Å². The minimum Gasteiger partial charge on any atom is -0.453 e. The third-order valence-electron chi connectivity index (χ3n) is 0.758. The number of ether oxygens (including phenoxy) is 2. The second kappa shape index (κ2) is 6.93. The molecule has 0 heterocycles. The van der Waals surface area contributed by atoms with Crippen LogP contribution in [0, 0.1) is 0 Å². The van der Waals surface area contributed by atoms with Crippen molar-refractivity contribution in [1.82, 2.24) is 4.72 Å². The fourth-order valence-corrected chi connectivity index (χ4v) is 0.777. The maximum Gasteiger partial charge on any atom is 0.303 e. The molecule has 0 saturated heterocycles. The van der Waals surface area contributed by atoms with Crippen molar-refractivity contribution in [1.29, 1.82) is 0 Å². The molecule has 0 aliphatic rings. The molecule has 0 aromatic rings. The Bertz CT molecular complexity index is 144. The number of nitrogens with one attached hydrogen (secondary N) is 1. The Morgan fingerprint density at radius 3 is 2.33 bits per heavy atom. The number of carbonyl (C=O) groups excluding carboxylic acids is 2. The Morgan fingerprint density at radius 1 is 1.25 bits per heavy atom. The largest absolute Gasteiger partial charge is 0.453 e. The van der Waals surface area contributed by atoms with E-state index in [2.05, 4.69) is 14.2 Å². The van der Waals surface area contributed by atoms with Gasteiger partial charge in [0, 0.05) is 13.8 Å². The minimum atomic E-state index is -0.351. The lowest BCUT2D eigenvalue weighted by Gasteiger charge is -2.03. The number of carbonyl (C=O) groups is 2. The fourth-order valence-electron chi connectivity index (χ4n) is 0.327. The van der Waals surface area contributed by atoms with Gasteiger partial charge in [0.1, 0.15) is 0 Å². The summed E-state index contributed by atoms with van der Waals surface area (Å²) in [6.45, 7) is 2.76. The molecule has 0 aromatic heterocycles. The van der Waals surface area contributed by atoms with E-state index in [1.54, 1.807) is 0 Å². The maximum atomic E-state index is 10.2. The lowest BCUT2D eigenvalue weighted by atomic mass is 10.8. The molecule has 0 amide bonds. The molecular formula is C6H11NO4S. The van der Waals surface area contributed by atoms with Crippen LogP contribution in [0.3, 0.4) is 0 Å². The Hall–Kier alpha value is -0.750. The van der Waals surface area contributed by atoms with Crippen LogP contribution in [0.2, 0.25) is 0 Å². The van der Waals surface area contributed by atoms with Gasteiger partial charge in [-0.15, -0.1) is 0 Å². The lowest BCUT2D eigenvalue weighted by Crippen LogP contribution is -2.14. The highest BCUT2D eigenvalue weighted by molar-refractivity contribution is 7.97. The summed E-state index contributed by atoms with van der Waals surface area (Å²) in [7, 11) is 0. The zero-order chi connectivity index (χ0) is 9.40. The highest BCUT2D eigenvalue weighted by Gasteiger charge is 1.93. The normalized spacial score (nSPS) is 9.17. The number of hydrogen-bond acceptors (Lipinski definition) is 6. The molecule has 0 saturated carbocycles. The Labute approximate surface area is 74.9 Å². The monoisotopic (exact) mass is 193 g/mol. The number of rotatable bonds is 5. The van der Waals surface area contributed by atoms with E-state index >= 15 is 0 Å². The van der Waals surface area contributed by atoms with Gasteiger partial charge in [0.05, 0.1) is 0 Å². The van der Waals surface area contributed by atoms with Crippen LogP contribution >= 0.6 is 11.9 Å². The molecule has 0 radical (unpaired) electrons. The maximum absolute atomic E-state index is 10.2. The van der Waals surface area contributed by atoms with Gasteiger partial charge in [-0.05, 0) is 11.9 Å². The highest BCUT2D eigenvalue weighted by Crippen LogP contribution is 1.93. The van der Waals surface area contributed by atoms with Crippen molar-refractivity contribution in [2.24, 2.45) is 0 Å². The van der Waals surface area contributed by atoms with Crippen LogP contribution in [0.25, 0.3) is 0 Å². The molecule has 0 unspecified atom stereocenters. The first-order valence-corrected chi connectivity index (χ1v) is 4.23. The van der Waals surface area contributed by atoms with Gasteiger partial charge in [-0.1, -0.05) is 0 Å². The molecule has 0 atom stereocenters. The van der Waals surface area contributed by atoms with Gasteiger partial charge in [-0.2, -0.15) is 0 Å². The number of esters is 2. The van der Waals surface area contributed by atoms with Crippen molar-refractivity contribution in [3.05, 3.63) is 0 Å². The molecule has 0 rings (SSSR count). The summed E-state index contributed by atoms with van der Waals surface area (Å²) in [5.74, 6) is -0.483. The van der Waals surface area contributed by atoms with Gasteiger partial charge in [-0.25, -0.2) is 4.72 Å². The molecule has 6 heteroatoms. The molecule has 12 heavy (non-hydrogen) atoms. The van der Waals surface area contributed by atoms with Gasteiger partial charge in [0.25, 0.3) is 0 Å². The first kappa shape index (κ1) is 11.2. The Morgan fingerprint density at radius 2 is 1.83 bits per heavy atom. The van der Waals surface area contributed by atoms with Crippen LogP contribution < -0.4 is 4.72 Å². The summed E-state index contributed by atoms with van der Waals surface area (Å²) >= 11 is 1.15. The average Bonchev–Trinajstić information content (AvgIpc) is 1.95. The van der Waals surface area contributed by atoms with Crippen LogP contribution in [-0.4, -0.2) is 24.6 Å². The standard InChI is InChI=1S/C6H11NO4S/c1-5(8)10-3-7-12-4-11-6(2)9/h7H,3-4H2,1-2H3. The third kappa shape index (κ3) is 9.25. The zero-order valence-electron chi connectivity index (χ0n) is 6.96. The second-order valence-corrected chi connectivity index (χ2v) is 2.64. The smallest absolute Gasteiger partial charge is 0.303 e. The van der Waals surface area contributed by atoms with Gasteiger partial charge in [0.15, 0.2) is 12.7 Å². The van der Waals surface area contributed by atoms with Crippen molar-refractivity contribution in [2.45, 2.75) is 13.8 Å². The van der Waals surface area contributed by atoms with E-state index in [-0.39, 0.29) is 24.6 Å². The van der Waals surface area contributed by atoms with E-state index in [4.69, 9.17) is 0 Å². The van der Waals surface area contributed by atoms with Gasteiger partial charge < -0.3 is 9.47 Å². The first-order chi connectivity index (χ1) is 5.63. The Kier molecular flexibility index (Phi) is 6.50. The van der Waals surface area contributed by atoms with E-state index in [0.717, 1.165) is 11.9 Å². The molecule has 70 valence electrons. The van der Waals surface area contributed by atoms with E-state index < -0.39 is 0 Å². The van der Waals surface area contributed by atoms with Crippen molar-refractivity contribution in [2.75, 3.05) is 12.7 Å². The van der Waals surface area contributed by atoms with Gasteiger partial charge >= 0.3 is 11.9 Å². The quantitative estimate of drug-likeness (QED) is 0.292. The molecular weight excluding hydrogens is 182 g/mol. The summed E-state index contributed by atoms with van der Waals surface area (Å²) in [6, 6.07) is 0. The second-order valence-electron chi connectivity index (χ2n) is 1.82. The third-order valence-corrected chi connectivity index (χ3v) is 1.32. The molecule has 0 aliphatic heterocycles. The lowest BCUT2D eigenvalue weighted by molar-refractivity contribution is -0.141. The van der Waals surface area contributed by atoms with E-state index in [0.29, 0.717) is 0 Å². The van der Waals surface area contributed by atoms with Crippen LogP contribution in [0.4, 0.5) is 0 Å². The Balaban J connectivity index is 3.01. The zero-order valence-corrected chi connectivity index (χ0v) is 7.77. The van der Waals surface area contributed by atoms with Crippen molar-refractivity contribution in [3.63, 3.8) is 0 Å². The van der Waals surface area contributed by atoms with E-state index in [1.807, 2.05) is 0 Å². The van der Waals surface area contributed by atoms with Crippen LogP contribution in [0.1, 0.15) is 13.8 Å². The fraction of sp³-hybridized carbons (Fsp3) is 0.667. The molecule has 0 spiro atoms. The number of hydrogen-bond donors (Lipinski definition) is 1. The summed E-state index contributed by atoms with van der Waals surface area (Å²) < 4.78 is 11.8. The molecule has 5 nitrogen and oxygen atoms in total. The van der Waals surface area contributed by atoms with Crippen LogP contribution in [0.15, 0.2) is 0 Å². The average molecular weight is 193 g/mol. The highest BCUT2D eigenvalue weighted by atomic mass is 32.2. The van der Waals surface area contributed by atoms with Crippen molar-refractivity contribution >= 4 is 23.9 Å². The summed E-state index contributed by atoms with van der Waals surface area (Å²) in [6.07, 6.45) is 0. The van der Waals surface area contributed by atoms with Crippen molar-refractivity contribution in [3.8, 4) is 0 Å². The molecule has 0 fully saturated rings. The van der Waals surface area contributed by atoms with Crippen LogP contribution in [0.5, 0.6) is 0 Å². The van der Waals surface area contributed by atoms with Gasteiger partial charge in [-0.3, -0.25) is 9.59 Å². The summed E-state index contributed by atoms with van der Waals surface area (Å²) in [4.78, 5) is 20.5. The predicted octanol–water partition coefficient (Wildman–Crippen LogP) is 0.265.